The molecule has 0 spiro atoms. The Morgan fingerprint density at radius 1 is 1.50 bits per heavy atom. The quantitative estimate of drug-likeness (QED) is 0.593. The highest BCUT2D eigenvalue weighted by Gasteiger charge is 2.18. The number of aliphatic hydroxyl groups is 2. The summed E-state index contributed by atoms with van der Waals surface area (Å²) in [5, 5.41) is 23.3. The Balaban J connectivity index is 2.24. The first kappa shape index (κ1) is 11.1. The van der Waals surface area contributed by atoms with E-state index in [1.807, 2.05) is 12.1 Å². The smallest absolute Gasteiger partial charge is 0.137 e. The molecule has 0 aromatic carbocycles. The zero-order valence-corrected chi connectivity index (χ0v) is 9.01. The number of fused-ring (bicyclic) bond motifs is 1. The van der Waals surface area contributed by atoms with Crippen molar-refractivity contribution in [1.82, 2.24) is 15.3 Å². The molecule has 0 amide bonds. The first-order valence-electron chi connectivity index (χ1n) is 5.16. The predicted molar refractivity (Wildman–Crippen MR) is 61.0 cm³/mol. The van der Waals surface area contributed by atoms with E-state index in [2.05, 4.69) is 15.3 Å². The normalized spacial score (nSPS) is 15.2. The molecule has 2 rings (SSSR count). The van der Waals surface area contributed by atoms with Crippen molar-refractivity contribution < 1.29 is 10.2 Å². The zero-order valence-electron chi connectivity index (χ0n) is 9.01. The van der Waals surface area contributed by atoms with E-state index in [0.717, 1.165) is 11.0 Å². The van der Waals surface area contributed by atoms with Gasteiger partial charge in [-0.15, -0.1) is 0 Å². The van der Waals surface area contributed by atoms with E-state index in [1.165, 1.54) is 0 Å². The SMILES string of the molecule is CNCC(O)C(O)c1cnc2[nH]ccc2c1. The molecule has 0 saturated heterocycles. The van der Waals surface area contributed by atoms with Crippen molar-refractivity contribution in [2.75, 3.05) is 13.6 Å². The topological polar surface area (TPSA) is 81.2 Å². The van der Waals surface area contributed by atoms with Gasteiger partial charge < -0.3 is 20.5 Å². The second-order valence-electron chi connectivity index (χ2n) is 3.75. The highest BCUT2D eigenvalue weighted by Crippen LogP contribution is 2.19. The summed E-state index contributed by atoms with van der Waals surface area (Å²) < 4.78 is 0. The third kappa shape index (κ3) is 2.06. The van der Waals surface area contributed by atoms with Gasteiger partial charge in [-0.1, -0.05) is 0 Å². The fraction of sp³-hybridized carbons (Fsp3) is 0.364. The number of aliphatic hydroxyl groups excluding tert-OH is 2. The Labute approximate surface area is 93.1 Å². The van der Waals surface area contributed by atoms with Crippen molar-refractivity contribution in [2.45, 2.75) is 12.2 Å². The van der Waals surface area contributed by atoms with Gasteiger partial charge in [-0.2, -0.15) is 0 Å². The Morgan fingerprint density at radius 2 is 2.31 bits per heavy atom. The summed E-state index contributed by atoms with van der Waals surface area (Å²) in [7, 11) is 1.73. The minimum absolute atomic E-state index is 0.340. The Morgan fingerprint density at radius 3 is 3.06 bits per heavy atom. The van der Waals surface area contributed by atoms with Crippen LogP contribution in [0.25, 0.3) is 11.0 Å². The van der Waals surface area contributed by atoms with Crippen molar-refractivity contribution in [1.29, 1.82) is 0 Å². The number of aromatic amines is 1. The van der Waals surface area contributed by atoms with E-state index in [-0.39, 0.29) is 0 Å². The highest BCUT2D eigenvalue weighted by atomic mass is 16.3. The monoisotopic (exact) mass is 221 g/mol. The predicted octanol–water partition coefficient (Wildman–Crippen LogP) is 0.177. The van der Waals surface area contributed by atoms with Crippen LogP contribution in [-0.2, 0) is 0 Å². The highest BCUT2D eigenvalue weighted by molar-refractivity contribution is 5.75. The number of hydrogen-bond donors (Lipinski definition) is 4. The first-order chi connectivity index (χ1) is 7.72. The molecule has 86 valence electrons. The van der Waals surface area contributed by atoms with Gasteiger partial charge in [0.2, 0.25) is 0 Å². The second-order valence-corrected chi connectivity index (χ2v) is 3.75. The van der Waals surface area contributed by atoms with Crippen molar-refractivity contribution in [3.8, 4) is 0 Å². The maximum absolute atomic E-state index is 9.88. The largest absolute Gasteiger partial charge is 0.389 e. The number of hydrogen-bond acceptors (Lipinski definition) is 4. The van der Waals surface area contributed by atoms with Crippen molar-refractivity contribution in [3.63, 3.8) is 0 Å². The third-order valence-corrected chi connectivity index (χ3v) is 2.54. The van der Waals surface area contributed by atoms with Gasteiger partial charge >= 0.3 is 0 Å². The van der Waals surface area contributed by atoms with Gasteiger partial charge in [-0.05, 0) is 19.2 Å². The lowest BCUT2D eigenvalue weighted by Gasteiger charge is -2.17. The molecule has 0 saturated carbocycles. The molecule has 16 heavy (non-hydrogen) atoms. The van der Waals surface area contributed by atoms with E-state index in [4.69, 9.17) is 0 Å². The molecular formula is C11H15N3O2. The van der Waals surface area contributed by atoms with Gasteiger partial charge in [-0.25, -0.2) is 4.98 Å². The van der Waals surface area contributed by atoms with Gasteiger partial charge in [0, 0.05) is 29.9 Å². The lowest BCUT2D eigenvalue weighted by atomic mass is 10.1. The summed E-state index contributed by atoms with van der Waals surface area (Å²) in [5.74, 6) is 0. The number of likely N-dealkylation sites (N-methyl/N-ethyl adjacent to an activating group) is 1. The van der Waals surface area contributed by atoms with Crippen molar-refractivity contribution >= 4 is 11.0 Å². The Hall–Kier alpha value is -1.43. The number of pyridine rings is 1. The number of nitrogens with zero attached hydrogens (tertiary/aromatic N) is 1. The molecule has 0 radical (unpaired) electrons. The van der Waals surface area contributed by atoms with Crippen LogP contribution in [0.1, 0.15) is 11.7 Å². The molecule has 0 aliphatic carbocycles. The average Bonchev–Trinajstić information content (AvgIpc) is 2.75. The van der Waals surface area contributed by atoms with Crippen LogP contribution in [0.15, 0.2) is 24.5 Å². The van der Waals surface area contributed by atoms with E-state index in [9.17, 15) is 10.2 Å². The molecule has 5 nitrogen and oxygen atoms in total. The van der Waals surface area contributed by atoms with E-state index in [0.29, 0.717) is 12.1 Å². The number of aromatic nitrogens is 2. The maximum Gasteiger partial charge on any atom is 0.137 e. The molecule has 2 atom stereocenters. The van der Waals surface area contributed by atoms with Crippen molar-refractivity contribution in [2.24, 2.45) is 0 Å². The lowest BCUT2D eigenvalue weighted by Crippen LogP contribution is -2.29. The van der Waals surface area contributed by atoms with Gasteiger partial charge in [0.25, 0.3) is 0 Å². The van der Waals surface area contributed by atoms with Crippen molar-refractivity contribution in [3.05, 3.63) is 30.1 Å². The zero-order chi connectivity index (χ0) is 11.5. The molecule has 5 heteroatoms. The Bertz CT molecular complexity index is 469. The Kier molecular flexibility index (Phi) is 3.19. The minimum Gasteiger partial charge on any atom is -0.389 e. The molecule has 0 fully saturated rings. The maximum atomic E-state index is 9.88. The molecule has 2 unspecified atom stereocenters. The van der Waals surface area contributed by atoms with Crippen LogP contribution >= 0.6 is 0 Å². The van der Waals surface area contributed by atoms with E-state index < -0.39 is 12.2 Å². The standard InChI is InChI=1S/C11H15N3O2/c1-12-6-9(15)10(16)8-4-7-2-3-13-11(7)14-5-8/h2-5,9-10,12,15-16H,6H2,1H3,(H,13,14). The molecule has 4 N–H and O–H groups in total. The summed E-state index contributed by atoms with van der Waals surface area (Å²) >= 11 is 0. The van der Waals surface area contributed by atoms with Gasteiger partial charge in [0.15, 0.2) is 0 Å². The molecule has 2 aromatic heterocycles. The summed E-state index contributed by atoms with van der Waals surface area (Å²) in [6.45, 7) is 0.340. The van der Waals surface area contributed by atoms with Crippen LogP contribution in [0.4, 0.5) is 0 Å². The molecule has 0 bridgehead atoms. The molecule has 0 aliphatic rings. The number of H-pyrrole nitrogens is 1. The molecule has 2 heterocycles. The number of nitrogens with one attached hydrogen (secondary N) is 2. The second kappa shape index (κ2) is 4.61. The van der Waals surface area contributed by atoms with Crippen LogP contribution < -0.4 is 5.32 Å². The third-order valence-electron chi connectivity index (χ3n) is 2.54. The summed E-state index contributed by atoms with van der Waals surface area (Å²) in [4.78, 5) is 7.13. The van der Waals surface area contributed by atoms with Gasteiger partial charge in [0.1, 0.15) is 11.8 Å². The fourth-order valence-electron chi connectivity index (χ4n) is 1.66. The van der Waals surface area contributed by atoms with Crippen LogP contribution in [0.2, 0.25) is 0 Å². The van der Waals surface area contributed by atoms with Crippen LogP contribution in [-0.4, -0.2) is 39.9 Å². The fourth-order valence-corrected chi connectivity index (χ4v) is 1.66. The van der Waals surface area contributed by atoms with Crippen LogP contribution in [0, 0.1) is 0 Å². The van der Waals surface area contributed by atoms with E-state index in [1.54, 1.807) is 19.4 Å². The number of rotatable bonds is 4. The molecular weight excluding hydrogens is 206 g/mol. The van der Waals surface area contributed by atoms with Crippen LogP contribution in [0.5, 0.6) is 0 Å². The van der Waals surface area contributed by atoms with Crippen LogP contribution in [0.3, 0.4) is 0 Å². The minimum atomic E-state index is -0.917. The molecule has 2 aromatic rings. The molecule has 0 aliphatic heterocycles. The van der Waals surface area contributed by atoms with E-state index >= 15 is 0 Å². The first-order valence-corrected chi connectivity index (χ1v) is 5.16. The summed E-state index contributed by atoms with van der Waals surface area (Å²) in [6, 6.07) is 3.70. The summed E-state index contributed by atoms with van der Waals surface area (Å²) in [6.07, 6.45) is 1.61. The lowest BCUT2D eigenvalue weighted by molar-refractivity contribution is 0.0201. The average molecular weight is 221 g/mol. The summed E-state index contributed by atoms with van der Waals surface area (Å²) in [5.41, 5.74) is 1.40. The van der Waals surface area contributed by atoms with Gasteiger partial charge in [0.05, 0.1) is 6.10 Å². The van der Waals surface area contributed by atoms with Gasteiger partial charge in [-0.3, -0.25) is 0 Å².